The normalized spacial score (nSPS) is 34.0. The lowest BCUT2D eigenvalue weighted by Crippen LogP contribution is -2.61. The van der Waals surface area contributed by atoms with Gasteiger partial charge in [-0.25, -0.2) is 4.79 Å². The van der Waals surface area contributed by atoms with Crippen LogP contribution in [0.25, 0.3) is 0 Å². The van der Waals surface area contributed by atoms with Gasteiger partial charge in [-0.2, -0.15) is 0 Å². The summed E-state index contributed by atoms with van der Waals surface area (Å²) in [6.07, 6.45) is 7.33. The summed E-state index contributed by atoms with van der Waals surface area (Å²) in [4.78, 5) is 33.9. The van der Waals surface area contributed by atoms with E-state index in [1.807, 2.05) is 0 Å². The number of hydrogen-bond acceptors (Lipinski definition) is 3. The van der Waals surface area contributed by atoms with Gasteiger partial charge in [0.05, 0.1) is 0 Å². The molecule has 0 aromatic heterocycles. The molecule has 0 aliphatic heterocycles. The molecule has 128 valence electrons. The molecule has 4 rings (SSSR count). The molecule has 23 heavy (non-hydrogen) atoms. The molecule has 0 atom stereocenters. The molecule has 0 aromatic carbocycles. The van der Waals surface area contributed by atoms with Gasteiger partial charge < -0.3 is 21.1 Å². The predicted molar refractivity (Wildman–Crippen MR) is 82.7 cm³/mol. The van der Waals surface area contributed by atoms with E-state index in [4.69, 9.17) is 5.11 Å². The van der Waals surface area contributed by atoms with E-state index >= 15 is 0 Å². The van der Waals surface area contributed by atoms with E-state index in [0.717, 1.165) is 37.0 Å². The highest BCUT2D eigenvalue weighted by Gasteiger charge is 2.51. The summed E-state index contributed by atoms with van der Waals surface area (Å²) in [7, 11) is 0. The highest BCUT2D eigenvalue weighted by atomic mass is 16.4. The second kappa shape index (κ2) is 6.37. The quantitative estimate of drug-likeness (QED) is 0.581. The third-order valence-corrected chi connectivity index (χ3v) is 5.49. The molecule has 0 radical (unpaired) electrons. The molecule has 0 spiro atoms. The Kier molecular flexibility index (Phi) is 4.46. The number of carboxylic acid groups (broad SMARTS) is 1. The summed E-state index contributed by atoms with van der Waals surface area (Å²) in [5.41, 5.74) is -0.0373. The molecule has 4 saturated carbocycles. The van der Waals surface area contributed by atoms with Crippen molar-refractivity contribution in [2.75, 3.05) is 13.1 Å². The van der Waals surface area contributed by atoms with Gasteiger partial charge in [-0.05, 0) is 56.3 Å². The van der Waals surface area contributed by atoms with Crippen LogP contribution in [0.1, 0.15) is 44.9 Å². The van der Waals surface area contributed by atoms with E-state index in [1.54, 1.807) is 0 Å². The van der Waals surface area contributed by atoms with E-state index < -0.39 is 12.5 Å². The Balaban J connectivity index is 1.40. The van der Waals surface area contributed by atoms with Gasteiger partial charge in [-0.15, -0.1) is 0 Å². The Morgan fingerprint density at radius 3 is 2.04 bits per heavy atom. The van der Waals surface area contributed by atoms with Crippen molar-refractivity contribution in [3.05, 3.63) is 0 Å². The zero-order valence-electron chi connectivity index (χ0n) is 13.3. The minimum atomic E-state index is -1.08. The van der Waals surface area contributed by atoms with Crippen LogP contribution in [0.2, 0.25) is 0 Å². The smallest absolute Gasteiger partial charge is 0.322 e. The highest BCUT2D eigenvalue weighted by Crippen LogP contribution is 2.55. The van der Waals surface area contributed by atoms with Crippen molar-refractivity contribution >= 4 is 17.9 Å². The molecule has 4 aliphatic carbocycles. The second-order valence-electron chi connectivity index (χ2n) is 7.50. The summed E-state index contributed by atoms with van der Waals surface area (Å²) in [5.74, 6) is 0.850. The molecule has 4 fully saturated rings. The number of aliphatic carboxylic acids is 1. The zero-order valence-corrected chi connectivity index (χ0v) is 13.3. The van der Waals surface area contributed by atoms with Gasteiger partial charge in [0, 0.05) is 18.5 Å². The largest absolute Gasteiger partial charge is 0.480 e. The lowest BCUT2D eigenvalue weighted by molar-refractivity contribution is -0.137. The van der Waals surface area contributed by atoms with Crippen LogP contribution >= 0.6 is 0 Å². The van der Waals surface area contributed by atoms with E-state index in [-0.39, 0.29) is 30.4 Å². The first-order valence-electron chi connectivity index (χ1n) is 8.49. The molecule has 4 aliphatic rings. The van der Waals surface area contributed by atoms with Gasteiger partial charge in [0.1, 0.15) is 6.54 Å². The Hall–Kier alpha value is -1.79. The topological polar surface area (TPSA) is 108 Å². The average molecular weight is 323 g/mol. The molecule has 0 aromatic rings. The van der Waals surface area contributed by atoms with Crippen LogP contribution in [0.4, 0.5) is 4.79 Å². The molecule has 4 N–H and O–H groups in total. The lowest BCUT2D eigenvalue weighted by atomic mass is 9.53. The summed E-state index contributed by atoms with van der Waals surface area (Å²) in [6, 6.07) is -0.210. The number of carbonyl (C=O) groups is 3. The molecular weight excluding hydrogens is 298 g/mol. The summed E-state index contributed by atoms with van der Waals surface area (Å²) < 4.78 is 0. The fraction of sp³-hybridized carbons (Fsp3) is 0.812. The molecule has 4 bridgehead atoms. The fourth-order valence-corrected chi connectivity index (χ4v) is 5.10. The Bertz CT molecular complexity index is 470. The predicted octanol–water partition coefficient (Wildman–Crippen LogP) is 0.845. The maximum Gasteiger partial charge on any atom is 0.322 e. The Labute approximate surface area is 135 Å². The van der Waals surface area contributed by atoms with Crippen LogP contribution in [0.5, 0.6) is 0 Å². The molecule has 3 amide bonds. The standard InChI is InChI=1S/C16H25N3O4/c20-13(18-9-14(21)22)1-2-17-15(23)19-16-6-10-3-11(7-16)5-12(4-10)8-16/h10-12H,1-9H2,(H,18,20)(H,21,22)(H2,17,19,23). The van der Waals surface area contributed by atoms with Gasteiger partial charge in [0.2, 0.25) is 5.91 Å². The van der Waals surface area contributed by atoms with Crippen LogP contribution in [0, 0.1) is 17.8 Å². The number of amides is 3. The SMILES string of the molecule is O=C(O)CNC(=O)CCNC(=O)NC12CC3CC(CC(C3)C1)C2. The van der Waals surface area contributed by atoms with E-state index in [9.17, 15) is 14.4 Å². The minimum absolute atomic E-state index is 0.0373. The van der Waals surface area contributed by atoms with Gasteiger partial charge in [0.15, 0.2) is 0 Å². The first-order chi connectivity index (χ1) is 10.9. The summed E-state index contributed by atoms with van der Waals surface area (Å²) >= 11 is 0. The van der Waals surface area contributed by atoms with Crippen LogP contribution < -0.4 is 16.0 Å². The Morgan fingerprint density at radius 2 is 1.52 bits per heavy atom. The first-order valence-corrected chi connectivity index (χ1v) is 8.49. The number of nitrogens with one attached hydrogen (secondary N) is 3. The van der Waals surface area contributed by atoms with Crippen LogP contribution in [0.3, 0.4) is 0 Å². The van der Waals surface area contributed by atoms with Gasteiger partial charge >= 0.3 is 12.0 Å². The van der Waals surface area contributed by atoms with E-state index in [2.05, 4.69) is 16.0 Å². The molecule has 0 unspecified atom stereocenters. The zero-order chi connectivity index (χ0) is 16.4. The molecule has 7 nitrogen and oxygen atoms in total. The Morgan fingerprint density at radius 1 is 0.957 bits per heavy atom. The monoisotopic (exact) mass is 323 g/mol. The summed E-state index contributed by atoms with van der Waals surface area (Å²) in [5, 5.41) is 16.6. The van der Waals surface area contributed by atoms with Crippen LogP contribution in [0.15, 0.2) is 0 Å². The minimum Gasteiger partial charge on any atom is -0.480 e. The summed E-state index contributed by atoms with van der Waals surface area (Å²) in [6.45, 7) is -0.179. The van der Waals surface area contributed by atoms with Crippen LogP contribution in [-0.4, -0.2) is 41.6 Å². The highest BCUT2D eigenvalue weighted by molar-refractivity contribution is 5.82. The lowest BCUT2D eigenvalue weighted by Gasteiger charge is -2.56. The fourth-order valence-electron chi connectivity index (χ4n) is 5.10. The van der Waals surface area contributed by atoms with Crippen molar-refractivity contribution in [2.45, 2.75) is 50.5 Å². The maximum absolute atomic E-state index is 12.1. The van der Waals surface area contributed by atoms with Gasteiger partial charge in [-0.1, -0.05) is 0 Å². The van der Waals surface area contributed by atoms with E-state index in [0.29, 0.717) is 0 Å². The van der Waals surface area contributed by atoms with Crippen molar-refractivity contribution < 1.29 is 19.5 Å². The van der Waals surface area contributed by atoms with Crippen LogP contribution in [-0.2, 0) is 9.59 Å². The van der Waals surface area contributed by atoms with Crippen molar-refractivity contribution in [3.63, 3.8) is 0 Å². The van der Waals surface area contributed by atoms with Crippen molar-refractivity contribution in [1.82, 2.24) is 16.0 Å². The third-order valence-electron chi connectivity index (χ3n) is 5.49. The number of carboxylic acids is 1. The molecular formula is C16H25N3O4. The molecule has 7 heteroatoms. The first kappa shape index (κ1) is 16.1. The van der Waals surface area contributed by atoms with Crippen molar-refractivity contribution in [3.8, 4) is 0 Å². The number of carbonyl (C=O) groups excluding carboxylic acids is 2. The molecule has 0 saturated heterocycles. The van der Waals surface area contributed by atoms with Gasteiger partial charge in [0.25, 0.3) is 0 Å². The average Bonchev–Trinajstić information content (AvgIpc) is 2.43. The van der Waals surface area contributed by atoms with Gasteiger partial charge in [-0.3, -0.25) is 9.59 Å². The number of urea groups is 1. The third kappa shape index (κ3) is 3.95. The van der Waals surface area contributed by atoms with Crippen molar-refractivity contribution in [2.24, 2.45) is 17.8 Å². The second-order valence-corrected chi connectivity index (χ2v) is 7.50. The molecule has 0 heterocycles. The maximum atomic E-state index is 12.1. The van der Waals surface area contributed by atoms with Crippen molar-refractivity contribution in [1.29, 1.82) is 0 Å². The van der Waals surface area contributed by atoms with E-state index in [1.165, 1.54) is 19.3 Å². The number of rotatable bonds is 6. The number of hydrogen-bond donors (Lipinski definition) is 4.